The lowest BCUT2D eigenvalue weighted by Crippen LogP contribution is -2.44. The average Bonchev–Trinajstić information content (AvgIpc) is 2.45. The third-order valence-electron chi connectivity index (χ3n) is 3.16. The number of benzene rings is 1. The fourth-order valence-electron chi connectivity index (χ4n) is 2.40. The zero-order chi connectivity index (χ0) is 14.3. The van der Waals surface area contributed by atoms with E-state index in [1.807, 2.05) is 18.2 Å². The molecule has 0 saturated carbocycles. The van der Waals surface area contributed by atoms with E-state index in [9.17, 15) is 9.59 Å². The number of para-hydroxylation sites is 1. The summed E-state index contributed by atoms with van der Waals surface area (Å²) in [6.07, 6.45) is 6.99. The number of fused-ring (bicyclic) bond motifs is 3. The molecule has 2 heterocycles. The van der Waals surface area contributed by atoms with Crippen LogP contribution in [-0.2, 0) is 9.59 Å². The molecule has 6 nitrogen and oxygen atoms in total. The van der Waals surface area contributed by atoms with Crippen LogP contribution in [0.5, 0.6) is 0 Å². The first-order valence-electron chi connectivity index (χ1n) is 5.98. The van der Waals surface area contributed by atoms with Crippen LogP contribution in [0.2, 0.25) is 0 Å². The molecule has 1 aromatic carbocycles. The van der Waals surface area contributed by atoms with Gasteiger partial charge in [-0.1, -0.05) is 18.2 Å². The second kappa shape index (κ2) is 4.27. The summed E-state index contributed by atoms with van der Waals surface area (Å²) >= 11 is 0. The molecule has 0 saturated heterocycles. The van der Waals surface area contributed by atoms with Gasteiger partial charge in [0.25, 0.3) is 11.8 Å². The summed E-state index contributed by atoms with van der Waals surface area (Å²) < 4.78 is 0. The molecule has 0 atom stereocenters. The van der Waals surface area contributed by atoms with E-state index in [2.05, 4.69) is 0 Å². The van der Waals surface area contributed by atoms with Crippen LogP contribution in [0, 0.1) is 0 Å². The number of hydrogen-bond donors (Lipinski definition) is 2. The molecule has 20 heavy (non-hydrogen) atoms. The number of primary amides is 2. The Morgan fingerprint density at radius 3 is 2.20 bits per heavy atom. The van der Waals surface area contributed by atoms with Gasteiger partial charge in [-0.25, -0.2) is 0 Å². The van der Waals surface area contributed by atoms with E-state index in [0.29, 0.717) is 5.56 Å². The maximum atomic E-state index is 11.8. The van der Waals surface area contributed by atoms with Crippen LogP contribution in [0.1, 0.15) is 5.56 Å². The standard InChI is InChI=1S/C14H12N4O2/c15-13(19)11-9-5-1-2-6-10(9)17-7-3-4-8-18(17)12(11)14(16)20/h1-8H,(H2,15,19)(H2,16,20). The number of hydrazine groups is 1. The highest BCUT2D eigenvalue weighted by molar-refractivity contribution is 6.26. The number of allylic oxidation sites excluding steroid dienone is 2. The highest BCUT2D eigenvalue weighted by atomic mass is 16.2. The molecule has 0 fully saturated rings. The van der Waals surface area contributed by atoms with Crippen molar-refractivity contribution in [1.82, 2.24) is 5.01 Å². The van der Waals surface area contributed by atoms with E-state index in [4.69, 9.17) is 11.5 Å². The Labute approximate surface area is 115 Å². The first-order chi connectivity index (χ1) is 9.61. The SMILES string of the molecule is NC(=O)C1=C(C(N)=O)N2C=CC=CN2c2ccccc21. The molecular formula is C14H12N4O2. The van der Waals surface area contributed by atoms with E-state index in [-0.39, 0.29) is 11.3 Å². The van der Waals surface area contributed by atoms with Crippen molar-refractivity contribution < 1.29 is 9.59 Å². The number of carbonyl (C=O) groups is 2. The Morgan fingerprint density at radius 2 is 1.55 bits per heavy atom. The summed E-state index contributed by atoms with van der Waals surface area (Å²) in [5, 5.41) is 3.26. The summed E-state index contributed by atoms with van der Waals surface area (Å²) in [6, 6.07) is 7.20. The minimum absolute atomic E-state index is 0.0665. The van der Waals surface area contributed by atoms with Gasteiger partial charge in [0.1, 0.15) is 5.70 Å². The predicted octanol–water partition coefficient (Wildman–Crippen LogP) is 0.446. The maximum absolute atomic E-state index is 11.8. The lowest BCUT2D eigenvalue weighted by molar-refractivity contribution is -0.117. The minimum Gasteiger partial charge on any atom is -0.366 e. The van der Waals surface area contributed by atoms with E-state index in [1.165, 1.54) is 5.01 Å². The monoisotopic (exact) mass is 268 g/mol. The van der Waals surface area contributed by atoms with Crippen molar-refractivity contribution in [2.45, 2.75) is 0 Å². The summed E-state index contributed by atoms with van der Waals surface area (Å²) in [6.45, 7) is 0. The zero-order valence-corrected chi connectivity index (χ0v) is 10.5. The van der Waals surface area contributed by atoms with Gasteiger partial charge in [-0.05, 0) is 18.2 Å². The third kappa shape index (κ3) is 1.58. The van der Waals surface area contributed by atoms with Crippen molar-refractivity contribution in [2.75, 3.05) is 5.01 Å². The lowest BCUT2D eigenvalue weighted by atomic mass is 9.97. The third-order valence-corrected chi connectivity index (χ3v) is 3.16. The molecule has 2 aliphatic heterocycles. The minimum atomic E-state index is -0.710. The largest absolute Gasteiger partial charge is 0.366 e. The highest BCUT2D eigenvalue weighted by Gasteiger charge is 2.34. The molecule has 100 valence electrons. The van der Waals surface area contributed by atoms with E-state index in [1.54, 1.807) is 35.6 Å². The van der Waals surface area contributed by atoms with Crippen molar-refractivity contribution >= 4 is 23.1 Å². The predicted molar refractivity (Wildman–Crippen MR) is 74.3 cm³/mol. The molecule has 0 spiro atoms. The van der Waals surface area contributed by atoms with Gasteiger partial charge in [0, 0.05) is 18.0 Å². The van der Waals surface area contributed by atoms with Crippen LogP contribution >= 0.6 is 0 Å². The molecule has 6 heteroatoms. The summed E-state index contributed by atoms with van der Waals surface area (Å²) in [4.78, 5) is 23.5. The average molecular weight is 268 g/mol. The number of nitrogens with zero attached hydrogens (tertiary/aromatic N) is 2. The van der Waals surface area contributed by atoms with Crippen LogP contribution in [0.3, 0.4) is 0 Å². The van der Waals surface area contributed by atoms with Crippen LogP contribution in [0.15, 0.2) is 54.5 Å². The van der Waals surface area contributed by atoms with Crippen LogP contribution in [0.25, 0.3) is 5.57 Å². The van der Waals surface area contributed by atoms with Gasteiger partial charge < -0.3 is 11.5 Å². The van der Waals surface area contributed by atoms with Crippen molar-refractivity contribution in [3.63, 3.8) is 0 Å². The quantitative estimate of drug-likeness (QED) is 0.814. The fraction of sp³-hybridized carbons (Fsp3) is 0. The van der Waals surface area contributed by atoms with Crippen molar-refractivity contribution in [3.8, 4) is 0 Å². The molecule has 0 aliphatic carbocycles. The van der Waals surface area contributed by atoms with Gasteiger partial charge >= 0.3 is 0 Å². The Hall–Kier alpha value is -3.02. The van der Waals surface area contributed by atoms with Gasteiger partial charge in [-0.15, -0.1) is 0 Å². The van der Waals surface area contributed by atoms with E-state index in [0.717, 1.165) is 5.69 Å². The zero-order valence-electron chi connectivity index (χ0n) is 10.5. The molecular weight excluding hydrogens is 256 g/mol. The first kappa shape index (κ1) is 12.0. The second-order valence-electron chi connectivity index (χ2n) is 4.34. The smallest absolute Gasteiger partial charge is 0.268 e. The highest BCUT2D eigenvalue weighted by Crippen LogP contribution is 2.38. The van der Waals surface area contributed by atoms with Crippen LogP contribution in [-0.4, -0.2) is 16.8 Å². The number of hydrogen-bond acceptors (Lipinski definition) is 4. The van der Waals surface area contributed by atoms with E-state index < -0.39 is 11.8 Å². The lowest BCUT2D eigenvalue weighted by Gasteiger charge is -2.40. The van der Waals surface area contributed by atoms with Gasteiger partial charge in [-0.2, -0.15) is 0 Å². The number of nitrogens with two attached hydrogens (primary N) is 2. The normalized spacial score (nSPS) is 16.0. The Balaban J connectivity index is 2.35. The van der Waals surface area contributed by atoms with Gasteiger partial charge in [0.05, 0.1) is 11.3 Å². The van der Waals surface area contributed by atoms with Gasteiger partial charge in [0.2, 0.25) is 0 Å². The molecule has 0 aromatic heterocycles. The number of anilines is 1. The topological polar surface area (TPSA) is 92.7 Å². The summed E-state index contributed by atoms with van der Waals surface area (Å²) in [7, 11) is 0. The maximum Gasteiger partial charge on any atom is 0.268 e. The van der Waals surface area contributed by atoms with Crippen molar-refractivity contribution in [1.29, 1.82) is 0 Å². The molecule has 1 aromatic rings. The Kier molecular flexibility index (Phi) is 2.57. The van der Waals surface area contributed by atoms with Crippen LogP contribution < -0.4 is 16.5 Å². The Bertz CT molecular complexity index is 703. The fourth-order valence-corrected chi connectivity index (χ4v) is 2.40. The second-order valence-corrected chi connectivity index (χ2v) is 4.34. The van der Waals surface area contributed by atoms with E-state index >= 15 is 0 Å². The first-order valence-corrected chi connectivity index (χ1v) is 5.98. The molecule has 0 radical (unpaired) electrons. The number of amides is 2. The van der Waals surface area contributed by atoms with Gasteiger partial charge in [-0.3, -0.25) is 19.6 Å². The van der Waals surface area contributed by atoms with Crippen molar-refractivity contribution in [3.05, 3.63) is 60.1 Å². The molecule has 2 amide bonds. The summed E-state index contributed by atoms with van der Waals surface area (Å²) in [5.41, 5.74) is 12.4. The summed E-state index contributed by atoms with van der Waals surface area (Å²) in [5.74, 6) is -1.40. The van der Waals surface area contributed by atoms with Crippen molar-refractivity contribution in [2.24, 2.45) is 11.5 Å². The molecule has 3 rings (SSSR count). The number of carbonyl (C=O) groups excluding carboxylic acids is 2. The van der Waals surface area contributed by atoms with Crippen LogP contribution in [0.4, 0.5) is 5.69 Å². The molecule has 4 N–H and O–H groups in total. The number of rotatable bonds is 2. The molecule has 0 bridgehead atoms. The van der Waals surface area contributed by atoms with Gasteiger partial charge in [0.15, 0.2) is 0 Å². The molecule has 2 aliphatic rings. The molecule has 0 unspecified atom stereocenters. The Morgan fingerprint density at radius 1 is 0.900 bits per heavy atom.